The molecule has 1 atom stereocenters. The molecule has 0 fully saturated rings. The number of aliphatic hydroxyl groups excluding tert-OH is 1. The molecule has 0 saturated heterocycles. The molecule has 0 aliphatic heterocycles. The maximum Gasteiger partial charge on any atom is 0.115 e. The Kier molecular flexibility index (Phi) is 2.95. The van der Waals surface area contributed by atoms with Crippen LogP contribution in [0.5, 0.6) is 0 Å². The van der Waals surface area contributed by atoms with Gasteiger partial charge in [0, 0.05) is 30.6 Å². The first-order valence-electron chi connectivity index (χ1n) is 3.46. The highest BCUT2D eigenvalue weighted by molar-refractivity contribution is 5.07. The molecule has 1 rings (SSSR count). The fourth-order valence-corrected chi connectivity index (χ4v) is 0.808. The summed E-state index contributed by atoms with van der Waals surface area (Å²) in [6, 6.07) is -0.152. The van der Waals surface area contributed by atoms with Gasteiger partial charge in [-0.2, -0.15) is 0 Å². The van der Waals surface area contributed by atoms with Gasteiger partial charge < -0.3 is 10.8 Å². The maximum absolute atomic E-state index is 8.58. The molecule has 60 valence electrons. The Labute approximate surface area is 65.1 Å². The van der Waals surface area contributed by atoms with Crippen molar-refractivity contribution in [3.8, 4) is 0 Å². The van der Waals surface area contributed by atoms with Gasteiger partial charge in [0.25, 0.3) is 0 Å². The van der Waals surface area contributed by atoms with E-state index in [9.17, 15) is 0 Å². The number of rotatable bonds is 3. The third kappa shape index (κ3) is 2.25. The second kappa shape index (κ2) is 4.00. The highest BCUT2D eigenvalue weighted by Crippen LogP contribution is 2.09. The van der Waals surface area contributed by atoms with Crippen molar-refractivity contribution in [3.63, 3.8) is 0 Å². The standard InChI is InChI=1S/C7H11N3O/c8-7(1-2-11)6-3-9-5-10-4-6/h3-5,7,11H,1-2,8H2. The van der Waals surface area contributed by atoms with Crippen molar-refractivity contribution in [2.75, 3.05) is 6.61 Å². The fraction of sp³-hybridized carbons (Fsp3) is 0.429. The highest BCUT2D eigenvalue weighted by Gasteiger charge is 2.03. The average molecular weight is 153 g/mol. The molecule has 11 heavy (non-hydrogen) atoms. The van der Waals surface area contributed by atoms with E-state index in [0.717, 1.165) is 5.56 Å². The predicted octanol–water partition coefficient (Wildman–Crippen LogP) is -0.141. The molecule has 1 aromatic rings. The first-order valence-corrected chi connectivity index (χ1v) is 3.46. The lowest BCUT2D eigenvalue weighted by atomic mass is 10.1. The first-order chi connectivity index (χ1) is 5.34. The van der Waals surface area contributed by atoms with Crippen LogP contribution in [-0.4, -0.2) is 21.7 Å². The Morgan fingerprint density at radius 3 is 2.64 bits per heavy atom. The molecule has 0 saturated carbocycles. The third-order valence-electron chi connectivity index (χ3n) is 1.45. The van der Waals surface area contributed by atoms with Crippen LogP contribution in [-0.2, 0) is 0 Å². The van der Waals surface area contributed by atoms with Gasteiger partial charge >= 0.3 is 0 Å². The maximum atomic E-state index is 8.58. The van der Waals surface area contributed by atoms with Crippen LogP contribution in [0.4, 0.5) is 0 Å². The van der Waals surface area contributed by atoms with E-state index < -0.39 is 0 Å². The monoisotopic (exact) mass is 153 g/mol. The quantitative estimate of drug-likeness (QED) is 0.634. The van der Waals surface area contributed by atoms with Crippen LogP contribution >= 0.6 is 0 Å². The van der Waals surface area contributed by atoms with Crippen LogP contribution in [0.25, 0.3) is 0 Å². The Balaban J connectivity index is 2.61. The molecule has 0 aliphatic rings. The summed E-state index contributed by atoms with van der Waals surface area (Å²) in [4.78, 5) is 7.63. The van der Waals surface area contributed by atoms with E-state index in [-0.39, 0.29) is 12.6 Å². The second-order valence-electron chi connectivity index (χ2n) is 2.29. The van der Waals surface area contributed by atoms with Crippen molar-refractivity contribution in [2.24, 2.45) is 5.73 Å². The molecular formula is C7H11N3O. The van der Waals surface area contributed by atoms with E-state index in [1.54, 1.807) is 12.4 Å². The number of nitrogens with zero attached hydrogens (tertiary/aromatic N) is 2. The molecule has 0 aliphatic carbocycles. The molecule has 3 N–H and O–H groups in total. The second-order valence-corrected chi connectivity index (χ2v) is 2.29. The first kappa shape index (κ1) is 8.10. The lowest BCUT2D eigenvalue weighted by Gasteiger charge is -2.07. The van der Waals surface area contributed by atoms with E-state index >= 15 is 0 Å². The van der Waals surface area contributed by atoms with E-state index in [0.29, 0.717) is 6.42 Å². The van der Waals surface area contributed by atoms with Crippen LogP contribution in [0, 0.1) is 0 Å². The predicted molar refractivity (Wildman–Crippen MR) is 40.7 cm³/mol. The van der Waals surface area contributed by atoms with E-state index in [1.165, 1.54) is 6.33 Å². The van der Waals surface area contributed by atoms with Gasteiger partial charge in [0.15, 0.2) is 0 Å². The van der Waals surface area contributed by atoms with E-state index in [2.05, 4.69) is 9.97 Å². The lowest BCUT2D eigenvalue weighted by molar-refractivity contribution is 0.276. The molecule has 1 aromatic heterocycles. The zero-order valence-corrected chi connectivity index (χ0v) is 6.14. The fourth-order valence-electron chi connectivity index (χ4n) is 0.808. The molecule has 1 heterocycles. The number of hydrogen-bond acceptors (Lipinski definition) is 4. The van der Waals surface area contributed by atoms with Gasteiger partial charge in [-0.25, -0.2) is 9.97 Å². The van der Waals surface area contributed by atoms with Crippen molar-refractivity contribution >= 4 is 0 Å². The summed E-state index contributed by atoms with van der Waals surface area (Å²) >= 11 is 0. The molecule has 0 aromatic carbocycles. The smallest absolute Gasteiger partial charge is 0.115 e. The Morgan fingerprint density at radius 1 is 1.45 bits per heavy atom. The molecular weight excluding hydrogens is 142 g/mol. The normalized spacial score (nSPS) is 12.9. The Hall–Kier alpha value is -1.00. The van der Waals surface area contributed by atoms with Crippen molar-refractivity contribution in [3.05, 3.63) is 24.3 Å². The largest absolute Gasteiger partial charge is 0.396 e. The zero-order chi connectivity index (χ0) is 8.10. The topological polar surface area (TPSA) is 72.0 Å². The highest BCUT2D eigenvalue weighted by atomic mass is 16.3. The minimum absolute atomic E-state index is 0.0933. The minimum atomic E-state index is -0.152. The van der Waals surface area contributed by atoms with Gasteiger partial charge in [0.05, 0.1) is 0 Å². The summed E-state index contributed by atoms with van der Waals surface area (Å²) in [5.74, 6) is 0. The van der Waals surface area contributed by atoms with Crippen molar-refractivity contribution < 1.29 is 5.11 Å². The van der Waals surface area contributed by atoms with Crippen LogP contribution < -0.4 is 5.73 Å². The van der Waals surface area contributed by atoms with Gasteiger partial charge in [-0.1, -0.05) is 0 Å². The van der Waals surface area contributed by atoms with E-state index in [1.807, 2.05) is 0 Å². The summed E-state index contributed by atoms with van der Waals surface area (Å²) < 4.78 is 0. The Bertz CT molecular complexity index is 202. The molecule has 1 unspecified atom stereocenters. The molecule has 0 bridgehead atoms. The van der Waals surface area contributed by atoms with Gasteiger partial charge in [-0.05, 0) is 6.42 Å². The summed E-state index contributed by atoms with van der Waals surface area (Å²) in [5, 5.41) is 8.58. The lowest BCUT2D eigenvalue weighted by Crippen LogP contribution is -2.12. The zero-order valence-electron chi connectivity index (χ0n) is 6.14. The number of nitrogens with two attached hydrogens (primary N) is 1. The Morgan fingerprint density at radius 2 is 2.09 bits per heavy atom. The summed E-state index contributed by atoms with van der Waals surface area (Å²) in [7, 11) is 0. The third-order valence-corrected chi connectivity index (χ3v) is 1.45. The SMILES string of the molecule is NC(CCO)c1cncnc1. The van der Waals surface area contributed by atoms with Crippen molar-refractivity contribution in [2.45, 2.75) is 12.5 Å². The van der Waals surface area contributed by atoms with Gasteiger partial charge in [-0.3, -0.25) is 0 Å². The molecule has 0 radical (unpaired) electrons. The molecule has 0 amide bonds. The van der Waals surface area contributed by atoms with Crippen LogP contribution in [0.15, 0.2) is 18.7 Å². The average Bonchev–Trinajstić information content (AvgIpc) is 2.07. The molecule has 4 heteroatoms. The summed E-state index contributed by atoms with van der Waals surface area (Å²) in [6.45, 7) is 0.0933. The minimum Gasteiger partial charge on any atom is -0.396 e. The summed E-state index contributed by atoms with van der Waals surface area (Å²) in [5.41, 5.74) is 6.53. The number of hydrogen-bond donors (Lipinski definition) is 2. The molecule has 0 spiro atoms. The van der Waals surface area contributed by atoms with Crippen LogP contribution in [0.3, 0.4) is 0 Å². The van der Waals surface area contributed by atoms with Crippen molar-refractivity contribution in [1.82, 2.24) is 9.97 Å². The number of aliphatic hydroxyl groups is 1. The number of aromatic nitrogens is 2. The van der Waals surface area contributed by atoms with Crippen molar-refractivity contribution in [1.29, 1.82) is 0 Å². The molecule has 4 nitrogen and oxygen atoms in total. The van der Waals surface area contributed by atoms with Crippen LogP contribution in [0.1, 0.15) is 18.0 Å². The summed E-state index contributed by atoms with van der Waals surface area (Å²) in [6.07, 6.45) is 5.32. The van der Waals surface area contributed by atoms with Gasteiger partial charge in [-0.15, -0.1) is 0 Å². The van der Waals surface area contributed by atoms with Gasteiger partial charge in [0.2, 0.25) is 0 Å². The van der Waals surface area contributed by atoms with Crippen LogP contribution in [0.2, 0.25) is 0 Å². The van der Waals surface area contributed by atoms with Gasteiger partial charge in [0.1, 0.15) is 6.33 Å². The van der Waals surface area contributed by atoms with E-state index in [4.69, 9.17) is 10.8 Å².